The van der Waals surface area contributed by atoms with Crippen molar-refractivity contribution in [3.63, 3.8) is 0 Å². The molecular formula is C11H16O. The van der Waals surface area contributed by atoms with Crippen molar-refractivity contribution in [2.75, 3.05) is 0 Å². The average molecular weight is 164 g/mol. The van der Waals surface area contributed by atoms with E-state index in [4.69, 9.17) is 0 Å². The van der Waals surface area contributed by atoms with Crippen LogP contribution in [0.1, 0.15) is 38.5 Å². The molecule has 5 unspecified atom stereocenters. The SMILES string of the molecule is OC12CC3CC4CC(C1)C4(C3)C2. The first-order chi connectivity index (χ1) is 5.70. The fourth-order valence-corrected chi connectivity index (χ4v) is 5.31. The van der Waals surface area contributed by atoms with Gasteiger partial charge in [-0.1, -0.05) is 0 Å². The highest BCUT2D eigenvalue weighted by atomic mass is 16.3. The van der Waals surface area contributed by atoms with Gasteiger partial charge in [0, 0.05) is 0 Å². The van der Waals surface area contributed by atoms with Gasteiger partial charge in [0.1, 0.15) is 0 Å². The summed E-state index contributed by atoms with van der Waals surface area (Å²) in [6.45, 7) is 0. The first kappa shape index (κ1) is 6.42. The van der Waals surface area contributed by atoms with E-state index in [2.05, 4.69) is 0 Å². The van der Waals surface area contributed by atoms with Gasteiger partial charge >= 0.3 is 0 Å². The Hall–Kier alpha value is -0.0400. The molecule has 1 nitrogen and oxygen atoms in total. The fraction of sp³-hybridized carbons (Fsp3) is 1.00. The maximum atomic E-state index is 10.3. The monoisotopic (exact) mass is 164 g/mol. The van der Waals surface area contributed by atoms with Crippen molar-refractivity contribution in [2.45, 2.75) is 44.1 Å². The highest BCUT2D eigenvalue weighted by molar-refractivity contribution is 5.20. The quantitative estimate of drug-likeness (QED) is 0.580. The van der Waals surface area contributed by atoms with Gasteiger partial charge in [-0.25, -0.2) is 0 Å². The fourth-order valence-electron chi connectivity index (χ4n) is 5.31. The molecule has 0 aliphatic heterocycles. The molecule has 1 spiro atoms. The number of fused-ring (bicyclic) bond motifs is 2. The lowest BCUT2D eigenvalue weighted by Crippen LogP contribution is -2.42. The Labute approximate surface area is 73.2 Å². The van der Waals surface area contributed by atoms with Crippen LogP contribution in [0.15, 0.2) is 0 Å². The normalized spacial score (nSPS) is 71.2. The predicted molar refractivity (Wildman–Crippen MR) is 45.6 cm³/mol. The van der Waals surface area contributed by atoms with Crippen LogP contribution in [0.2, 0.25) is 0 Å². The third kappa shape index (κ3) is 0.477. The number of hydrogen-bond acceptors (Lipinski definition) is 1. The van der Waals surface area contributed by atoms with Crippen LogP contribution >= 0.6 is 0 Å². The summed E-state index contributed by atoms with van der Waals surface area (Å²) in [4.78, 5) is 0. The van der Waals surface area contributed by atoms with Crippen LogP contribution in [-0.4, -0.2) is 10.7 Å². The Kier molecular flexibility index (Phi) is 0.800. The van der Waals surface area contributed by atoms with Crippen LogP contribution < -0.4 is 0 Å². The summed E-state index contributed by atoms with van der Waals surface area (Å²) in [5, 5.41) is 10.3. The predicted octanol–water partition coefficient (Wildman–Crippen LogP) is 1.95. The van der Waals surface area contributed by atoms with Crippen molar-refractivity contribution in [3.05, 3.63) is 0 Å². The molecule has 0 amide bonds. The minimum absolute atomic E-state index is 0.196. The van der Waals surface area contributed by atoms with Crippen molar-refractivity contribution in [2.24, 2.45) is 23.2 Å². The zero-order valence-electron chi connectivity index (χ0n) is 7.42. The molecule has 12 heavy (non-hydrogen) atoms. The van der Waals surface area contributed by atoms with E-state index in [9.17, 15) is 5.11 Å². The van der Waals surface area contributed by atoms with E-state index >= 15 is 0 Å². The van der Waals surface area contributed by atoms with Crippen LogP contribution in [0.25, 0.3) is 0 Å². The molecule has 0 aromatic rings. The van der Waals surface area contributed by atoms with E-state index in [0.717, 1.165) is 30.6 Å². The number of aliphatic hydroxyl groups is 1. The molecule has 0 radical (unpaired) electrons. The molecule has 4 aliphatic rings. The smallest absolute Gasteiger partial charge is 0.0658 e. The maximum Gasteiger partial charge on any atom is 0.0658 e. The summed E-state index contributed by atoms with van der Waals surface area (Å²) < 4.78 is 0. The van der Waals surface area contributed by atoms with E-state index in [-0.39, 0.29) is 5.60 Å². The summed E-state index contributed by atoms with van der Waals surface area (Å²) in [5.74, 6) is 2.87. The van der Waals surface area contributed by atoms with E-state index in [1.807, 2.05) is 0 Å². The van der Waals surface area contributed by atoms with Crippen LogP contribution in [-0.2, 0) is 0 Å². The Morgan fingerprint density at radius 3 is 2.83 bits per heavy atom. The van der Waals surface area contributed by atoms with Gasteiger partial charge in [-0.3, -0.25) is 0 Å². The van der Waals surface area contributed by atoms with Crippen LogP contribution in [0, 0.1) is 23.2 Å². The van der Waals surface area contributed by atoms with Gasteiger partial charge in [-0.15, -0.1) is 0 Å². The zero-order valence-corrected chi connectivity index (χ0v) is 7.42. The molecule has 66 valence electrons. The third-order valence-corrected chi connectivity index (χ3v) is 5.43. The van der Waals surface area contributed by atoms with Gasteiger partial charge in [0.2, 0.25) is 0 Å². The summed E-state index contributed by atoms with van der Waals surface area (Å²) in [7, 11) is 0. The molecule has 4 aliphatic carbocycles. The molecule has 4 saturated carbocycles. The Bertz CT molecular complexity index is 256. The molecule has 0 aromatic carbocycles. The zero-order chi connectivity index (χ0) is 7.97. The Morgan fingerprint density at radius 2 is 1.92 bits per heavy atom. The van der Waals surface area contributed by atoms with E-state index in [1.54, 1.807) is 0 Å². The van der Waals surface area contributed by atoms with Crippen LogP contribution in [0.4, 0.5) is 0 Å². The van der Waals surface area contributed by atoms with Gasteiger partial charge in [0.15, 0.2) is 0 Å². The molecule has 4 rings (SSSR count). The minimum Gasteiger partial charge on any atom is -0.390 e. The lowest BCUT2D eigenvalue weighted by Gasteiger charge is -2.49. The topological polar surface area (TPSA) is 20.2 Å². The van der Waals surface area contributed by atoms with Crippen LogP contribution in [0.3, 0.4) is 0 Å². The van der Waals surface area contributed by atoms with Crippen molar-refractivity contribution >= 4 is 0 Å². The summed E-state index contributed by atoms with van der Waals surface area (Å²) in [6, 6.07) is 0. The second kappa shape index (κ2) is 1.50. The largest absolute Gasteiger partial charge is 0.390 e. The van der Waals surface area contributed by atoms with Crippen molar-refractivity contribution < 1.29 is 5.11 Å². The summed E-state index contributed by atoms with van der Waals surface area (Å²) in [5.41, 5.74) is 0.483. The van der Waals surface area contributed by atoms with E-state index < -0.39 is 0 Å². The summed E-state index contributed by atoms with van der Waals surface area (Å²) >= 11 is 0. The van der Waals surface area contributed by atoms with Crippen molar-refractivity contribution in [1.29, 1.82) is 0 Å². The molecule has 5 atom stereocenters. The Balaban J connectivity index is 1.89. The molecule has 3 bridgehead atoms. The summed E-state index contributed by atoms with van der Waals surface area (Å²) in [6.07, 6.45) is 7.86. The number of hydrogen-bond donors (Lipinski definition) is 1. The molecule has 0 aromatic heterocycles. The molecule has 0 saturated heterocycles. The lowest BCUT2D eigenvalue weighted by atomic mass is 9.56. The number of rotatable bonds is 0. The second-order valence-corrected chi connectivity index (χ2v) is 5.98. The van der Waals surface area contributed by atoms with E-state index in [0.29, 0.717) is 5.41 Å². The highest BCUT2D eigenvalue weighted by Crippen LogP contribution is 2.76. The lowest BCUT2D eigenvalue weighted by molar-refractivity contribution is -0.0246. The van der Waals surface area contributed by atoms with Gasteiger partial charge in [-0.2, -0.15) is 0 Å². The van der Waals surface area contributed by atoms with Crippen LogP contribution in [0.5, 0.6) is 0 Å². The molecule has 4 fully saturated rings. The molecule has 1 heteroatoms. The average Bonchev–Trinajstić information content (AvgIpc) is 2.26. The Morgan fingerprint density at radius 1 is 1.00 bits per heavy atom. The van der Waals surface area contributed by atoms with Crippen molar-refractivity contribution in [3.8, 4) is 0 Å². The van der Waals surface area contributed by atoms with E-state index in [1.165, 1.54) is 25.7 Å². The van der Waals surface area contributed by atoms with Crippen molar-refractivity contribution in [1.82, 2.24) is 0 Å². The van der Waals surface area contributed by atoms with Gasteiger partial charge in [0.05, 0.1) is 5.60 Å². The molecule has 1 N–H and O–H groups in total. The standard InChI is InChI=1S/C11H16O/c12-10-3-7-1-8-2-9(5-10)11(8,4-7)6-10/h7-9,12H,1-6H2. The van der Waals surface area contributed by atoms with Gasteiger partial charge < -0.3 is 5.11 Å². The van der Waals surface area contributed by atoms with Gasteiger partial charge in [-0.05, 0) is 61.7 Å². The maximum absolute atomic E-state index is 10.3. The minimum atomic E-state index is -0.196. The third-order valence-electron chi connectivity index (χ3n) is 5.43. The molecular weight excluding hydrogens is 148 g/mol. The first-order valence-electron chi connectivity index (χ1n) is 5.43. The second-order valence-electron chi connectivity index (χ2n) is 5.98. The molecule has 0 heterocycles. The van der Waals surface area contributed by atoms with Gasteiger partial charge in [0.25, 0.3) is 0 Å². The highest BCUT2D eigenvalue weighted by Gasteiger charge is 2.70. The first-order valence-corrected chi connectivity index (χ1v) is 5.43.